The molecule has 6 rings (SSSR count). The number of halogens is 1. The number of pyridine rings is 1. The van der Waals surface area contributed by atoms with Gasteiger partial charge in [0, 0.05) is 50.3 Å². The number of nitrogens with zero attached hydrogens (tertiary/aromatic N) is 5. The summed E-state index contributed by atoms with van der Waals surface area (Å²) in [5.41, 5.74) is 5.82. The van der Waals surface area contributed by atoms with Crippen LogP contribution in [0, 0.1) is 12.7 Å². The summed E-state index contributed by atoms with van der Waals surface area (Å²) < 4.78 is 16.5. The Morgan fingerprint density at radius 3 is 2.69 bits per heavy atom. The first-order valence-electron chi connectivity index (χ1n) is 11.4. The van der Waals surface area contributed by atoms with Crippen LogP contribution in [0.25, 0.3) is 5.65 Å². The molecular weight excluding hydrogens is 405 g/mol. The number of hydrogen-bond donors (Lipinski definition) is 2. The molecule has 32 heavy (non-hydrogen) atoms. The summed E-state index contributed by atoms with van der Waals surface area (Å²) in [5.74, 6) is 1.68. The van der Waals surface area contributed by atoms with Gasteiger partial charge in [0.2, 0.25) is 0 Å². The fourth-order valence-electron chi connectivity index (χ4n) is 4.88. The number of aromatic nitrogens is 2. The largest absolute Gasteiger partial charge is 0.368 e. The zero-order valence-electron chi connectivity index (χ0n) is 18.5. The lowest BCUT2D eigenvalue weighted by Gasteiger charge is -2.41. The molecule has 0 bridgehead atoms. The molecule has 0 radical (unpaired) electrons. The predicted molar refractivity (Wildman–Crippen MR) is 122 cm³/mol. The Balaban J connectivity index is 1.42. The second kappa shape index (κ2) is 7.48. The Kier molecular flexibility index (Phi) is 4.57. The lowest BCUT2D eigenvalue weighted by molar-refractivity contribution is 0.297. The molecule has 2 fully saturated rings. The van der Waals surface area contributed by atoms with Crippen LogP contribution in [0.15, 0.2) is 58.4 Å². The Morgan fingerprint density at radius 2 is 1.94 bits per heavy atom. The number of aryl methyl sites for hydroxylation is 1. The van der Waals surface area contributed by atoms with E-state index in [1.807, 2.05) is 19.3 Å². The molecule has 5 heterocycles. The minimum absolute atomic E-state index is 0.325. The first-order valence-corrected chi connectivity index (χ1v) is 11.4. The third-order valence-electron chi connectivity index (χ3n) is 6.74. The van der Waals surface area contributed by atoms with Crippen LogP contribution in [-0.2, 0) is 0 Å². The molecule has 1 unspecified atom stereocenters. The van der Waals surface area contributed by atoms with Crippen LogP contribution in [0.3, 0.4) is 0 Å². The van der Waals surface area contributed by atoms with E-state index in [0.29, 0.717) is 5.65 Å². The molecule has 0 spiro atoms. The summed E-state index contributed by atoms with van der Waals surface area (Å²) in [6.45, 7) is 8.04. The molecule has 0 aromatic carbocycles. The quantitative estimate of drug-likeness (QED) is 0.762. The van der Waals surface area contributed by atoms with Crippen molar-refractivity contribution in [2.45, 2.75) is 39.3 Å². The Morgan fingerprint density at radius 1 is 1.12 bits per heavy atom. The average molecular weight is 434 g/mol. The molecule has 166 valence electrons. The van der Waals surface area contributed by atoms with Crippen LogP contribution in [0.5, 0.6) is 0 Å². The van der Waals surface area contributed by atoms with E-state index in [0.717, 1.165) is 61.9 Å². The van der Waals surface area contributed by atoms with Gasteiger partial charge in [-0.2, -0.15) is 0 Å². The van der Waals surface area contributed by atoms with Crippen LogP contribution < -0.4 is 10.6 Å². The van der Waals surface area contributed by atoms with Gasteiger partial charge >= 0.3 is 0 Å². The Bertz CT molecular complexity index is 1210. The summed E-state index contributed by atoms with van der Waals surface area (Å²) in [4.78, 5) is 13.9. The van der Waals surface area contributed by atoms with Crippen molar-refractivity contribution in [2.24, 2.45) is 4.99 Å². The Hall–Kier alpha value is -3.13. The van der Waals surface area contributed by atoms with Gasteiger partial charge in [0.1, 0.15) is 17.8 Å². The highest BCUT2D eigenvalue weighted by Gasteiger charge is 2.32. The van der Waals surface area contributed by atoms with Gasteiger partial charge in [-0.15, -0.1) is 0 Å². The monoisotopic (exact) mass is 433 g/mol. The summed E-state index contributed by atoms with van der Waals surface area (Å²) >= 11 is 0. The lowest BCUT2D eigenvalue weighted by Crippen LogP contribution is -2.46. The topological polar surface area (TPSA) is 60.2 Å². The molecule has 2 N–H and O–H groups in total. The van der Waals surface area contributed by atoms with E-state index in [9.17, 15) is 4.39 Å². The molecule has 4 aliphatic rings. The van der Waals surface area contributed by atoms with E-state index in [-0.39, 0.29) is 12.0 Å². The SMILES string of the molecule is CC1=CC2=NC(c3cc(F)c4nc(C)cn4c3)NC(=C3CCC3)N2C=C1N1CCNCC1. The fraction of sp³-hybridized carbons (Fsp3) is 0.417. The van der Waals surface area contributed by atoms with E-state index in [2.05, 4.69) is 44.6 Å². The maximum absolute atomic E-state index is 14.8. The zero-order chi connectivity index (χ0) is 21.8. The average Bonchev–Trinajstić information content (AvgIpc) is 3.13. The zero-order valence-corrected chi connectivity index (χ0v) is 18.5. The van der Waals surface area contributed by atoms with Gasteiger partial charge in [0.15, 0.2) is 11.5 Å². The molecule has 1 aliphatic carbocycles. The third-order valence-corrected chi connectivity index (χ3v) is 6.74. The van der Waals surface area contributed by atoms with Crippen molar-refractivity contribution in [3.05, 3.63) is 70.5 Å². The molecule has 1 saturated heterocycles. The molecular formula is C24H28FN7. The maximum Gasteiger partial charge on any atom is 0.173 e. The van der Waals surface area contributed by atoms with Crippen LogP contribution in [0.2, 0.25) is 0 Å². The van der Waals surface area contributed by atoms with Crippen LogP contribution in [0.4, 0.5) is 4.39 Å². The second-order valence-corrected chi connectivity index (χ2v) is 9.02. The highest BCUT2D eigenvalue weighted by molar-refractivity contribution is 5.98. The molecule has 7 nitrogen and oxygen atoms in total. The molecule has 1 atom stereocenters. The number of aliphatic imine (C=N–C) groups is 1. The van der Waals surface area contributed by atoms with Gasteiger partial charge in [-0.1, -0.05) is 0 Å². The predicted octanol–water partition coefficient (Wildman–Crippen LogP) is 3.19. The van der Waals surface area contributed by atoms with Crippen LogP contribution in [0.1, 0.15) is 43.6 Å². The first-order chi connectivity index (χ1) is 15.6. The van der Waals surface area contributed by atoms with E-state index in [1.54, 1.807) is 10.5 Å². The van der Waals surface area contributed by atoms with Gasteiger partial charge < -0.3 is 19.9 Å². The number of imidazole rings is 1. The summed E-state index contributed by atoms with van der Waals surface area (Å²) in [6, 6.07) is 1.56. The molecule has 0 amide bonds. The van der Waals surface area contributed by atoms with Crippen molar-refractivity contribution in [2.75, 3.05) is 26.2 Å². The van der Waals surface area contributed by atoms with Crippen molar-refractivity contribution in [3.8, 4) is 0 Å². The minimum atomic E-state index is -0.343. The molecule has 2 aromatic heterocycles. The van der Waals surface area contributed by atoms with Crippen LogP contribution >= 0.6 is 0 Å². The van der Waals surface area contributed by atoms with E-state index < -0.39 is 0 Å². The van der Waals surface area contributed by atoms with E-state index in [1.165, 1.54) is 23.3 Å². The fourth-order valence-corrected chi connectivity index (χ4v) is 4.88. The summed E-state index contributed by atoms with van der Waals surface area (Å²) in [6.07, 6.45) is 11.2. The number of nitrogens with one attached hydrogen (secondary N) is 2. The highest BCUT2D eigenvalue weighted by Crippen LogP contribution is 2.36. The van der Waals surface area contributed by atoms with Crippen molar-refractivity contribution >= 4 is 11.5 Å². The normalized spacial score (nSPS) is 23.3. The van der Waals surface area contributed by atoms with Gasteiger partial charge in [0.25, 0.3) is 0 Å². The number of amidine groups is 1. The minimum Gasteiger partial charge on any atom is -0.368 e. The van der Waals surface area contributed by atoms with Gasteiger partial charge in [0.05, 0.1) is 11.4 Å². The second-order valence-electron chi connectivity index (χ2n) is 9.02. The van der Waals surface area contributed by atoms with Crippen molar-refractivity contribution in [3.63, 3.8) is 0 Å². The smallest absolute Gasteiger partial charge is 0.173 e. The molecule has 3 aliphatic heterocycles. The van der Waals surface area contributed by atoms with Gasteiger partial charge in [-0.25, -0.2) is 14.4 Å². The van der Waals surface area contributed by atoms with E-state index >= 15 is 0 Å². The molecule has 1 saturated carbocycles. The number of rotatable bonds is 2. The first kappa shape index (κ1) is 19.5. The third kappa shape index (κ3) is 3.21. The molecule has 8 heteroatoms. The van der Waals surface area contributed by atoms with Gasteiger partial charge in [-0.05, 0) is 56.4 Å². The van der Waals surface area contributed by atoms with E-state index in [4.69, 9.17) is 4.99 Å². The Labute approximate surface area is 187 Å². The molecule has 2 aromatic rings. The standard InChI is InChI=1S/C24H28FN7/c1-15-10-21-28-22(18-11-19(25)24-27-16(2)12-31(24)13-18)29-23(17-4-3-5-17)32(21)14-20(15)30-8-6-26-7-9-30/h10-14,22,26,29H,3-9H2,1-2H3. The highest BCUT2D eigenvalue weighted by atomic mass is 19.1. The van der Waals surface area contributed by atoms with Gasteiger partial charge in [-0.3, -0.25) is 4.90 Å². The summed E-state index contributed by atoms with van der Waals surface area (Å²) in [7, 11) is 0. The number of fused-ring (bicyclic) bond motifs is 2. The van der Waals surface area contributed by atoms with Crippen molar-refractivity contribution in [1.82, 2.24) is 29.8 Å². The van der Waals surface area contributed by atoms with Crippen molar-refractivity contribution in [1.29, 1.82) is 0 Å². The number of piperazine rings is 1. The maximum atomic E-state index is 14.8. The lowest BCUT2D eigenvalue weighted by atomic mass is 9.91. The van der Waals surface area contributed by atoms with Crippen molar-refractivity contribution < 1.29 is 4.39 Å². The number of allylic oxidation sites excluding steroid dienone is 2. The number of hydrogen-bond acceptors (Lipinski definition) is 6. The summed E-state index contributed by atoms with van der Waals surface area (Å²) in [5, 5.41) is 7.05. The van der Waals surface area contributed by atoms with Crippen LogP contribution in [-0.4, -0.2) is 51.2 Å².